The molecular formula is C13H4F4N. The van der Waals surface area contributed by atoms with E-state index in [-0.39, 0.29) is 5.56 Å². The molecule has 2 rings (SSSR count). The Balaban J connectivity index is 2.68. The summed E-state index contributed by atoms with van der Waals surface area (Å²) in [5.74, 6) is -4.35. The van der Waals surface area contributed by atoms with Gasteiger partial charge in [0.05, 0.1) is 23.3 Å². The summed E-state index contributed by atoms with van der Waals surface area (Å²) in [7, 11) is 0. The maximum atomic E-state index is 13.6. The van der Waals surface area contributed by atoms with E-state index in [0.29, 0.717) is 0 Å². The van der Waals surface area contributed by atoms with Crippen LogP contribution in [0, 0.1) is 40.7 Å². The summed E-state index contributed by atoms with van der Waals surface area (Å²) in [5.41, 5.74) is -1.32. The smallest absolute Gasteiger partial charge is 0.142 e. The van der Waals surface area contributed by atoms with Gasteiger partial charge in [-0.25, -0.2) is 17.6 Å². The number of nitriles is 1. The van der Waals surface area contributed by atoms with E-state index >= 15 is 0 Å². The van der Waals surface area contributed by atoms with E-state index in [9.17, 15) is 17.6 Å². The molecule has 0 aliphatic heterocycles. The maximum absolute atomic E-state index is 13.6. The third kappa shape index (κ3) is 2.05. The molecular weight excluding hydrogens is 246 g/mol. The van der Waals surface area contributed by atoms with Gasteiger partial charge in [0.25, 0.3) is 0 Å². The predicted octanol–water partition coefficient (Wildman–Crippen LogP) is 3.58. The molecule has 2 aromatic carbocycles. The lowest BCUT2D eigenvalue weighted by Gasteiger charge is -2.06. The monoisotopic (exact) mass is 250 g/mol. The first kappa shape index (κ1) is 12.1. The first-order valence-electron chi connectivity index (χ1n) is 4.79. The van der Waals surface area contributed by atoms with Gasteiger partial charge in [0.15, 0.2) is 0 Å². The molecule has 2 aromatic rings. The summed E-state index contributed by atoms with van der Waals surface area (Å²) in [6.45, 7) is 0. The largest absolute Gasteiger partial charge is 0.206 e. The number of benzene rings is 2. The van der Waals surface area contributed by atoms with E-state index in [4.69, 9.17) is 5.26 Å². The van der Waals surface area contributed by atoms with Gasteiger partial charge in [-0.2, -0.15) is 5.26 Å². The molecule has 18 heavy (non-hydrogen) atoms. The number of hydrogen-bond acceptors (Lipinski definition) is 1. The van der Waals surface area contributed by atoms with Crippen molar-refractivity contribution in [2.75, 3.05) is 0 Å². The van der Waals surface area contributed by atoms with Crippen LogP contribution < -0.4 is 0 Å². The molecule has 1 radical (unpaired) electrons. The molecule has 0 aromatic heterocycles. The van der Waals surface area contributed by atoms with Crippen molar-refractivity contribution in [3.8, 4) is 17.2 Å². The molecule has 0 N–H and O–H groups in total. The second kappa shape index (κ2) is 4.49. The average molecular weight is 250 g/mol. The summed E-state index contributed by atoms with van der Waals surface area (Å²) in [6, 6.07) is 6.57. The standard InChI is InChI=1S/C13H4F4N/c14-8-1-2-9(10(15)5-8)13-11(16)3-7(6-18)4-12(13)17/h1-4H. The lowest BCUT2D eigenvalue weighted by Crippen LogP contribution is -1.95. The van der Waals surface area contributed by atoms with E-state index in [1.54, 1.807) is 12.1 Å². The fraction of sp³-hybridized carbons (Fsp3) is 0. The minimum atomic E-state index is -1.20. The summed E-state index contributed by atoms with van der Waals surface area (Å²) in [5, 5.41) is 8.53. The highest BCUT2D eigenvalue weighted by Gasteiger charge is 2.17. The number of rotatable bonds is 1. The van der Waals surface area contributed by atoms with Crippen LogP contribution in [0.25, 0.3) is 11.1 Å². The molecule has 0 saturated carbocycles. The van der Waals surface area contributed by atoms with Gasteiger partial charge in [0.2, 0.25) is 0 Å². The molecule has 0 fully saturated rings. The molecule has 0 aliphatic rings. The third-order valence-electron chi connectivity index (χ3n) is 2.30. The van der Waals surface area contributed by atoms with E-state index in [0.717, 1.165) is 24.3 Å². The van der Waals surface area contributed by atoms with Gasteiger partial charge in [0.1, 0.15) is 23.3 Å². The van der Waals surface area contributed by atoms with Crippen molar-refractivity contribution in [1.82, 2.24) is 0 Å². The Kier molecular flexibility index (Phi) is 3.02. The van der Waals surface area contributed by atoms with Gasteiger partial charge in [-0.3, -0.25) is 0 Å². The molecule has 0 saturated heterocycles. The zero-order valence-corrected chi connectivity index (χ0v) is 8.77. The average Bonchev–Trinajstić information content (AvgIpc) is 2.30. The van der Waals surface area contributed by atoms with E-state index in [1.165, 1.54) is 0 Å². The highest BCUT2D eigenvalue weighted by Crippen LogP contribution is 2.29. The zero-order valence-electron chi connectivity index (χ0n) is 8.77. The van der Waals surface area contributed by atoms with Crippen molar-refractivity contribution >= 4 is 0 Å². The quantitative estimate of drug-likeness (QED) is 0.709. The summed E-state index contributed by atoms with van der Waals surface area (Å²) in [4.78, 5) is 0. The lowest BCUT2D eigenvalue weighted by molar-refractivity contribution is 0.568. The van der Waals surface area contributed by atoms with Gasteiger partial charge < -0.3 is 0 Å². The topological polar surface area (TPSA) is 23.8 Å². The molecule has 0 amide bonds. The van der Waals surface area contributed by atoms with E-state index in [1.807, 2.05) is 0 Å². The Bertz CT molecular complexity index is 636. The van der Waals surface area contributed by atoms with Crippen LogP contribution in [0.3, 0.4) is 0 Å². The van der Waals surface area contributed by atoms with Crippen molar-refractivity contribution in [2.24, 2.45) is 0 Å². The Labute approximate surface area is 99.9 Å². The van der Waals surface area contributed by atoms with Gasteiger partial charge in [-0.1, -0.05) is 0 Å². The first-order chi connectivity index (χ1) is 8.52. The van der Waals surface area contributed by atoms with Crippen LogP contribution >= 0.6 is 0 Å². The fourth-order valence-electron chi connectivity index (χ4n) is 1.53. The molecule has 1 nitrogen and oxygen atoms in total. The van der Waals surface area contributed by atoms with Crippen molar-refractivity contribution in [3.63, 3.8) is 0 Å². The van der Waals surface area contributed by atoms with Crippen LogP contribution in [-0.4, -0.2) is 0 Å². The molecule has 0 unspecified atom stereocenters. The predicted molar refractivity (Wildman–Crippen MR) is 55.3 cm³/mol. The van der Waals surface area contributed by atoms with Crippen molar-refractivity contribution in [3.05, 3.63) is 59.2 Å². The van der Waals surface area contributed by atoms with Crippen LogP contribution in [0.1, 0.15) is 5.56 Å². The molecule has 0 aliphatic carbocycles. The van der Waals surface area contributed by atoms with Gasteiger partial charge in [-0.05, 0) is 24.3 Å². The van der Waals surface area contributed by atoms with Gasteiger partial charge >= 0.3 is 0 Å². The molecule has 0 heterocycles. The minimum Gasteiger partial charge on any atom is -0.206 e. The van der Waals surface area contributed by atoms with Crippen molar-refractivity contribution < 1.29 is 17.6 Å². The maximum Gasteiger partial charge on any atom is 0.142 e. The Morgan fingerprint density at radius 3 is 2.11 bits per heavy atom. The highest BCUT2D eigenvalue weighted by molar-refractivity contribution is 5.66. The van der Waals surface area contributed by atoms with Crippen LogP contribution in [0.2, 0.25) is 0 Å². The summed E-state index contributed by atoms with van der Waals surface area (Å²) >= 11 is 0. The minimum absolute atomic E-state index is 0.222. The van der Waals surface area contributed by atoms with E-state index in [2.05, 4.69) is 0 Å². The summed E-state index contributed by atoms with van der Waals surface area (Å²) in [6.07, 6.45) is 0. The van der Waals surface area contributed by atoms with Crippen LogP contribution in [-0.2, 0) is 0 Å². The molecule has 89 valence electrons. The first-order valence-corrected chi connectivity index (χ1v) is 4.79. The summed E-state index contributed by atoms with van der Waals surface area (Å²) < 4.78 is 53.2. The van der Waals surface area contributed by atoms with Crippen molar-refractivity contribution in [2.45, 2.75) is 0 Å². The highest BCUT2D eigenvalue weighted by atomic mass is 19.1. The van der Waals surface area contributed by atoms with Crippen LogP contribution in [0.4, 0.5) is 17.6 Å². The van der Waals surface area contributed by atoms with Crippen LogP contribution in [0.15, 0.2) is 24.3 Å². The lowest BCUT2D eigenvalue weighted by atomic mass is 10.0. The second-order valence-electron chi connectivity index (χ2n) is 3.46. The fourth-order valence-corrected chi connectivity index (χ4v) is 1.53. The van der Waals surface area contributed by atoms with Gasteiger partial charge in [-0.15, -0.1) is 0 Å². The van der Waals surface area contributed by atoms with Crippen LogP contribution in [0.5, 0.6) is 0 Å². The number of nitrogens with zero attached hydrogens (tertiary/aromatic N) is 1. The van der Waals surface area contributed by atoms with Crippen molar-refractivity contribution in [1.29, 1.82) is 5.26 Å². The molecule has 0 bridgehead atoms. The Morgan fingerprint density at radius 2 is 1.61 bits per heavy atom. The molecule has 0 spiro atoms. The normalized spacial score (nSPS) is 10.2. The van der Waals surface area contributed by atoms with E-state index < -0.39 is 34.4 Å². The Hall–Kier alpha value is -2.35. The molecule has 5 heteroatoms. The van der Waals surface area contributed by atoms with Gasteiger partial charge in [0, 0.05) is 5.56 Å². The number of hydrogen-bond donors (Lipinski definition) is 0. The number of halogens is 4. The zero-order chi connectivity index (χ0) is 13.3. The second-order valence-corrected chi connectivity index (χ2v) is 3.46. The SMILES string of the molecule is N#Cc1cc(F)c(-c2ccc(F)[c]c2F)c(F)c1. The third-order valence-corrected chi connectivity index (χ3v) is 2.30. The Morgan fingerprint density at radius 1 is 1.00 bits per heavy atom. The molecule has 0 atom stereocenters.